The summed E-state index contributed by atoms with van der Waals surface area (Å²) in [5, 5.41) is 0.763. The van der Waals surface area contributed by atoms with E-state index in [9.17, 15) is 0 Å². The topological polar surface area (TPSA) is 9.23 Å². The van der Waals surface area contributed by atoms with E-state index in [0.29, 0.717) is 0 Å². The first-order chi connectivity index (χ1) is 10.2. The van der Waals surface area contributed by atoms with Crippen molar-refractivity contribution in [2.24, 2.45) is 0 Å². The van der Waals surface area contributed by atoms with Crippen molar-refractivity contribution >= 4 is 19.9 Å². The van der Waals surface area contributed by atoms with Crippen molar-refractivity contribution < 1.29 is 4.43 Å². The second kappa shape index (κ2) is 10.3. The first kappa shape index (κ1) is 18.6. The van der Waals surface area contributed by atoms with Gasteiger partial charge in [0.05, 0.1) is 5.02 Å². The van der Waals surface area contributed by atoms with E-state index in [0.717, 1.165) is 10.8 Å². The van der Waals surface area contributed by atoms with Crippen LogP contribution in [-0.4, -0.2) is 8.32 Å². The molecular formula is C18H31ClOSi. The number of hydrogen-bond donors (Lipinski definition) is 0. The predicted octanol–water partition coefficient (Wildman–Crippen LogP) is 7.06. The highest BCUT2D eigenvalue weighted by Crippen LogP contribution is 2.34. The summed E-state index contributed by atoms with van der Waals surface area (Å²) >= 11 is 6.33. The molecule has 0 heterocycles. The van der Waals surface area contributed by atoms with Crippen molar-refractivity contribution in [1.29, 1.82) is 0 Å². The van der Waals surface area contributed by atoms with Gasteiger partial charge < -0.3 is 4.43 Å². The van der Waals surface area contributed by atoms with E-state index in [1.165, 1.54) is 56.7 Å². The number of halogens is 1. The van der Waals surface area contributed by atoms with Crippen LogP contribution in [-0.2, 0) is 0 Å². The molecule has 0 aromatic heterocycles. The summed E-state index contributed by atoms with van der Waals surface area (Å²) in [6.45, 7) is 6.82. The van der Waals surface area contributed by atoms with Crippen molar-refractivity contribution in [3.8, 4) is 5.75 Å². The van der Waals surface area contributed by atoms with E-state index in [1.807, 2.05) is 24.3 Å². The van der Waals surface area contributed by atoms with Crippen LogP contribution >= 0.6 is 11.6 Å². The fourth-order valence-corrected chi connectivity index (χ4v) is 7.72. The van der Waals surface area contributed by atoms with Gasteiger partial charge in [-0.15, -0.1) is 0 Å². The van der Waals surface area contributed by atoms with Crippen molar-refractivity contribution in [2.45, 2.75) is 77.4 Å². The lowest BCUT2D eigenvalue weighted by atomic mass is 10.3. The molecule has 0 atom stereocenters. The fourth-order valence-electron chi connectivity index (χ4n) is 2.79. The zero-order valence-corrected chi connectivity index (χ0v) is 15.7. The van der Waals surface area contributed by atoms with E-state index in [4.69, 9.17) is 16.0 Å². The molecule has 0 bridgehead atoms. The maximum atomic E-state index is 6.65. The lowest BCUT2D eigenvalue weighted by Crippen LogP contribution is -2.41. The summed E-state index contributed by atoms with van der Waals surface area (Å²) in [5.41, 5.74) is 0. The van der Waals surface area contributed by atoms with Gasteiger partial charge in [-0.25, -0.2) is 0 Å². The van der Waals surface area contributed by atoms with Crippen LogP contribution in [0.25, 0.3) is 0 Å². The maximum absolute atomic E-state index is 6.65. The molecule has 21 heavy (non-hydrogen) atoms. The number of hydrogen-bond acceptors (Lipinski definition) is 1. The predicted molar refractivity (Wildman–Crippen MR) is 97.0 cm³/mol. The van der Waals surface area contributed by atoms with Crippen molar-refractivity contribution in [3.63, 3.8) is 0 Å². The van der Waals surface area contributed by atoms with Crippen molar-refractivity contribution in [2.75, 3.05) is 0 Å². The summed E-state index contributed by atoms with van der Waals surface area (Å²) in [6, 6.07) is 11.8. The smallest absolute Gasteiger partial charge is 0.251 e. The van der Waals surface area contributed by atoms with Gasteiger partial charge in [0.25, 0.3) is 8.32 Å². The highest BCUT2D eigenvalue weighted by molar-refractivity contribution is 6.74. The van der Waals surface area contributed by atoms with Gasteiger partial charge in [0, 0.05) is 0 Å². The lowest BCUT2D eigenvalue weighted by molar-refractivity contribution is 0.511. The Kier molecular flexibility index (Phi) is 9.10. The molecule has 0 saturated carbocycles. The Hall–Kier alpha value is -0.473. The second-order valence-electron chi connectivity index (χ2n) is 6.03. The standard InChI is InChI=1S/C18H31ClOSi/c1-4-7-14-21(15-8-5-2,16-9-6-3)20-18-13-11-10-12-17(18)19/h10-13H,4-9,14-16H2,1-3H3. The monoisotopic (exact) mass is 326 g/mol. The van der Waals surface area contributed by atoms with Crippen LogP contribution in [0.4, 0.5) is 0 Å². The lowest BCUT2D eigenvalue weighted by Gasteiger charge is -2.33. The molecule has 1 aromatic rings. The van der Waals surface area contributed by atoms with Crippen LogP contribution in [0.15, 0.2) is 24.3 Å². The Morgan fingerprint density at radius 1 is 0.857 bits per heavy atom. The summed E-state index contributed by atoms with van der Waals surface area (Å²) < 4.78 is 6.65. The van der Waals surface area contributed by atoms with E-state index in [-0.39, 0.29) is 0 Å². The summed E-state index contributed by atoms with van der Waals surface area (Å²) in [5.74, 6) is 0.911. The van der Waals surface area contributed by atoms with Crippen LogP contribution in [0.5, 0.6) is 5.75 Å². The highest BCUT2D eigenvalue weighted by Gasteiger charge is 2.35. The van der Waals surface area contributed by atoms with Crippen LogP contribution in [0, 0.1) is 0 Å². The maximum Gasteiger partial charge on any atom is 0.251 e. The first-order valence-corrected chi connectivity index (χ1v) is 11.5. The Morgan fingerprint density at radius 3 is 1.76 bits per heavy atom. The van der Waals surface area contributed by atoms with Gasteiger partial charge in [0.15, 0.2) is 0 Å². The normalized spacial score (nSPS) is 11.6. The number of unbranched alkanes of at least 4 members (excludes halogenated alkanes) is 3. The molecule has 3 heteroatoms. The van der Waals surface area contributed by atoms with E-state index in [1.54, 1.807) is 0 Å². The minimum absolute atomic E-state index is 0.763. The van der Waals surface area contributed by atoms with Gasteiger partial charge in [0.1, 0.15) is 5.75 Å². The quantitative estimate of drug-likeness (QED) is 0.395. The van der Waals surface area contributed by atoms with E-state index >= 15 is 0 Å². The molecular weight excluding hydrogens is 296 g/mol. The minimum atomic E-state index is -1.72. The number of para-hydroxylation sites is 1. The third kappa shape index (κ3) is 6.44. The fraction of sp³-hybridized carbons (Fsp3) is 0.667. The summed E-state index contributed by atoms with van der Waals surface area (Å²) in [4.78, 5) is 0. The molecule has 0 amide bonds. The molecule has 0 aliphatic rings. The summed E-state index contributed by atoms with van der Waals surface area (Å²) in [6.07, 6.45) is 7.59. The van der Waals surface area contributed by atoms with Gasteiger partial charge in [-0.1, -0.05) is 83.0 Å². The van der Waals surface area contributed by atoms with Gasteiger partial charge in [-0.2, -0.15) is 0 Å². The van der Waals surface area contributed by atoms with Gasteiger partial charge in [0.2, 0.25) is 0 Å². The molecule has 0 aliphatic carbocycles. The minimum Gasteiger partial charge on any atom is -0.542 e. The Bertz CT molecular complexity index is 373. The molecule has 0 aliphatic heterocycles. The average molecular weight is 327 g/mol. The first-order valence-electron chi connectivity index (χ1n) is 8.61. The third-order valence-corrected chi connectivity index (χ3v) is 8.88. The largest absolute Gasteiger partial charge is 0.542 e. The molecule has 0 N–H and O–H groups in total. The molecule has 1 rings (SSSR count). The number of benzene rings is 1. The highest BCUT2D eigenvalue weighted by atomic mass is 35.5. The zero-order chi connectivity index (χ0) is 15.6. The molecule has 120 valence electrons. The summed E-state index contributed by atoms with van der Waals surface area (Å²) in [7, 11) is -1.72. The Morgan fingerprint density at radius 2 is 1.33 bits per heavy atom. The SMILES string of the molecule is CCCC[Si](CCCC)(CCCC)Oc1ccccc1Cl. The third-order valence-electron chi connectivity index (χ3n) is 4.12. The molecule has 0 saturated heterocycles. The zero-order valence-electron chi connectivity index (χ0n) is 14.0. The Labute approximate surface area is 137 Å². The molecule has 0 unspecified atom stereocenters. The average Bonchev–Trinajstić information content (AvgIpc) is 2.51. The molecule has 0 radical (unpaired) electrons. The molecule has 1 nitrogen and oxygen atoms in total. The van der Waals surface area contributed by atoms with Gasteiger partial charge in [-0.3, -0.25) is 0 Å². The van der Waals surface area contributed by atoms with E-state index in [2.05, 4.69) is 20.8 Å². The van der Waals surface area contributed by atoms with Crippen LogP contribution in [0.1, 0.15) is 59.3 Å². The molecule has 0 fully saturated rings. The van der Waals surface area contributed by atoms with Gasteiger partial charge >= 0.3 is 0 Å². The molecule has 0 spiro atoms. The van der Waals surface area contributed by atoms with Crippen molar-refractivity contribution in [1.82, 2.24) is 0 Å². The Balaban J connectivity index is 2.92. The van der Waals surface area contributed by atoms with E-state index < -0.39 is 8.32 Å². The van der Waals surface area contributed by atoms with Crippen LogP contribution in [0.2, 0.25) is 23.2 Å². The number of rotatable bonds is 11. The van der Waals surface area contributed by atoms with Gasteiger partial charge in [-0.05, 0) is 30.3 Å². The van der Waals surface area contributed by atoms with Crippen LogP contribution in [0.3, 0.4) is 0 Å². The van der Waals surface area contributed by atoms with Crippen LogP contribution < -0.4 is 4.43 Å². The second-order valence-corrected chi connectivity index (χ2v) is 10.5. The molecule has 1 aromatic carbocycles. The van der Waals surface area contributed by atoms with Crippen molar-refractivity contribution in [3.05, 3.63) is 29.3 Å².